The Balaban J connectivity index is 1.81. The first kappa shape index (κ1) is 21.4. The highest BCUT2D eigenvalue weighted by atomic mass is 32.2. The van der Waals surface area contributed by atoms with Gasteiger partial charge < -0.3 is 5.32 Å². The molecule has 1 aliphatic rings. The number of nitrogens with zero attached hydrogens (tertiary/aromatic N) is 1. The molecule has 1 fully saturated rings. The lowest BCUT2D eigenvalue weighted by Crippen LogP contribution is -2.42. The fourth-order valence-corrected chi connectivity index (χ4v) is 5.18. The Morgan fingerprint density at radius 2 is 1.69 bits per heavy atom. The molecule has 0 heterocycles. The summed E-state index contributed by atoms with van der Waals surface area (Å²) in [5.41, 5.74) is 2.42. The molecule has 6 heteroatoms. The maximum Gasteiger partial charge on any atom is 0.264 e. The average Bonchev–Trinajstić information content (AvgIpc) is 2.71. The number of carbonyl (C=O) groups is 1. The van der Waals surface area contributed by atoms with Crippen LogP contribution < -0.4 is 9.62 Å². The number of aryl methyl sites for hydroxylation is 2. The molecule has 0 spiro atoms. The Morgan fingerprint density at radius 3 is 2.34 bits per heavy atom. The molecule has 0 saturated heterocycles. The van der Waals surface area contributed by atoms with E-state index < -0.39 is 10.0 Å². The quantitative estimate of drug-likeness (QED) is 0.739. The highest BCUT2D eigenvalue weighted by molar-refractivity contribution is 7.92. The Labute approximate surface area is 174 Å². The van der Waals surface area contributed by atoms with Crippen LogP contribution >= 0.6 is 0 Å². The minimum atomic E-state index is -3.85. The maximum absolute atomic E-state index is 13.3. The van der Waals surface area contributed by atoms with E-state index in [1.54, 1.807) is 36.4 Å². The Hall–Kier alpha value is -2.34. The van der Waals surface area contributed by atoms with Crippen molar-refractivity contribution in [1.29, 1.82) is 0 Å². The highest BCUT2D eigenvalue weighted by Crippen LogP contribution is 2.25. The first-order valence-electron chi connectivity index (χ1n) is 10.3. The van der Waals surface area contributed by atoms with Gasteiger partial charge in [-0.25, -0.2) is 8.42 Å². The number of sulfonamides is 1. The standard InChI is InChI=1S/C23H30N2O3S/c1-18-11-13-22(14-12-18)29(27,28)25(21-10-6-7-19(2)15-21)17-23(26)24-16-20-8-4-3-5-9-20/h6-7,10-15,20H,3-5,8-9,16-17H2,1-2H3,(H,24,26). The number of rotatable bonds is 7. The van der Waals surface area contributed by atoms with Gasteiger partial charge in [0.15, 0.2) is 0 Å². The Kier molecular flexibility index (Phi) is 6.96. The van der Waals surface area contributed by atoms with Crippen molar-refractivity contribution in [3.05, 3.63) is 59.7 Å². The minimum Gasteiger partial charge on any atom is -0.354 e. The molecular formula is C23H30N2O3S. The largest absolute Gasteiger partial charge is 0.354 e. The van der Waals surface area contributed by atoms with Crippen molar-refractivity contribution in [3.8, 4) is 0 Å². The van der Waals surface area contributed by atoms with Crippen LogP contribution in [0.25, 0.3) is 0 Å². The minimum absolute atomic E-state index is 0.185. The fourth-order valence-electron chi connectivity index (χ4n) is 3.77. The Morgan fingerprint density at radius 1 is 1.00 bits per heavy atom. The first-order chi connectivity index (χ1) is 13.9. The van der Waals surface area contributed by atoms with Gasteiger partial charge in [-0.05, 0) is 62.4 Å². The van der Waals surface area contributed by atoms with Crippen LogP contribution in [0, 0.1) is 19.8 Å². The molecule has 29 heavy (non-hydrogen) atoms. The number of carbonyl (C=O) groups excluding carboxylic acids is 1. The van der Waals surface area contributed by atoms with E-state index in [9.17, 15) is 13.2 Å². The normalized spacial score (nSPS) is 15.1. The summed E-state index contributed by atoms with van der Waals surface area (Å²) in [5.74, 6) is 0.224. The third kappa shape index (κ3) is 5.60. The number of anilines is 1. The van der Waals surface area contributed by atoms with Gasteiger partial charge >= 0.3 is 0 Å². The third-order valence-corrected chi connectivity index (χ3v) is 7.29. The zero-order chi connectivity index (χ0) is 20.9. The van der Waals surface area contributed by atoms with Gasteiger partial charge in [0.2, 0.25) is 5.91 Å². The van der Waals surface area contributed by atoms with Gasteiger partial charge in [-0.1, -0.05) is 49.1 Å². The van der Waals surface area contributed by atoms with E-state index in [1.807, 2.05) is 26.0 Å². The van der Waals surface area contributed by atoms with E-state index in [0.29, 0.717) is 18.2 Å². The van der Waals surface area contributed by atoms with Crippen LogP contribution in [-0.2, 0) is 14.8 Å². The number of benzene rings is 2. The molecular weight excluding hydrogens is 384 g/mol. The number of amides is 1. The smallest absolute Gasteiger partial charge is 0.264 e. The van der Waals surface area contributed by atoms with Crippen LogP contribution in [0.4, 0.5) is 5.69 Å². The number of nitrogens with one attached hydrogen (secondary N) is 1. The predicted octanol–water partition coefficient (Wildman–Crippen LogP) is 4.20. The lowest BCUT2D eigenvalue weighted by Gasteiger charge is -2.26. The van der Waals surface area contributed by atoms with Crippen molar-refractivity contribution < 1.29 is 13.2 Å². The van der Waals surface area contributed by atoms with E-state index in [0.717, 1.165) is 24.0 Å². The van der Waals surface area contributed by atoms with Crippen molar-refractivity contribution in [1.82, 2.24) is 5.32 Å². The predicted molar refractivity (Wildman–Crippen MR) is 116 cm³/mol. The number of hydrogen-bond acceptors (Lipinski definition) is 3. The van der Waals surface area contributed by atoms with Crippen molar-refractivity contribution in [3.63, 3.8) is 0 Å². The van der Waals surface area contributed by atoms with Gasteiger partial charge in [0, 0.05) is 6.54 Å². The molecule has 0 aliphatic heterocycles. The third-order valence-electron chi connectivity index (χ3n) is 5.50. The van der Waals surface area contributed by atoms with Gasteiger partial charge in [-0.15, -0.1) is 0 Å². The van der Waals surface area contributed by atoms with E-state index >= 15 is 0 Å². The lowest BCUT2D eigenvalue weighted by molar-refractivity contribution is -0.119. The second-order valence-electron chi connectivity index (χ2n) is 7.97. The fraction of sp³-hybridized carbons (Fsp3) is 0.435. The van der Waals surface area contributed by atoms with E-state index in [2.05, 4.69) is 5.32 Å². The van der Waals surface area contributed by atoms with Gasteiger partial charge in [0.25, 0.3) is 10.0 Å². The van der Waals surface area contributed by atoms with Crippen LogP contribution in [0.1, 0.15) is 43.2 Å². The Bertz CT molecular complexity index is 933. The first-order valence-corrected chi connectivity index (χ1v) is 11.7. The molecule has 0 aromatic heterocycles. The summed E-state index contributed by atoms with van der Waals surface area (Å²) in [5, 5.41) is 2.95. The molecule has 1 aliphatic carbocycles. The van der Waals surface area contributed by atoms with E-state index in [1.165, 1.54) is 23.6 Å². The van der Waals surface area contributed by atoms with Crippen LogP contribution in [0.2, 0.25) is 0 Å². The summed E-state index contributed by atoms with van der Waals surface area (Å²) in [7, 11) is -3.85. The zero-order valence-corrected chi connectivity index (χ0v) is 18.0. The average molecular weight is 415 g/mol. The van der Waals surface area contributed by atoms with E-state index in [-0.39, 0.29) is 17.3 Å². The SMILES string of the molecule is Cc1ccc(S(=O)(=O)N(CC(=O)NCC2CCCCC2)c2cccc(C)c2)cc1. The maximum atomic E-state index is 13.3. The van der Waals surface area contributed by atoms with Crippen molar-refractivity contribution in [2.45, 2.75) is 50.8 Å². The van der Waals surface area contributed by atoms with Crippen molar-refractivity contribution in [2.75, 3.05) is 17.4 Å². The molecule has 0 atom stereocenters. The summed E-state index contributed by atoms with van der Waals surface area (Å²) >= 11 is 0. The van der Waals surface area contributed by atoms with Gasteiger partial charge in [-0.2, -0.15) is 0 Å². The molecule has 2 aromatic rings. The van der Waals surface area contributed by atoms with Crippen LogP contribution in [0.5, 0.6) is 0 Å². The van der Waals surface area contributed by atoms with Crippen molar-refractivity contribution >= 4 is 21.6 Å². The molecule has 0 bridgehead atoms. The van der Waals surface area contributed by atoms with Gasteiger partial charge in [0.1, 0.15) is 6.54 Å². The lowest BCUT2D eigenvalue weighted by atomic mass is 9.89. The summed E-state index contributed by atoms with van der Waals surface area (Å²) in [6.07, 6.45) is 5.93. The topological polar surface area (TPSA) is 66.5 Å². The monoisotopic (exact) mass is 414 g/mol. The molecule has 0 radical (unpaired) electrons. The molecule has 156 valence electrons. The van der Waals surface area contributed by atoms with Gasteiger partial charge in [-0.3, -0.25) is 9.10 Å². The molecule has 1 saturated carbocycles. The molecule has 1 amide bonds. The van der Waals surface area contributed by atoms with Crippen LogP contribution in [-0.4, -0.2) is 27.4 Å². The highest BCUT2D eigenvalue weighted by Gasteiger charge is 2.27. The molecule has 5 nitrogen and oxygen atoms in total. The summed E-state index contributed by atoms with van der Waals surface area (Å²) < 4.78 is 27.9. The second-order valence-corrected chi connectivity index (χ2v) is 9.83. The van der Waals surface area contributed by atoms with E-state index in [4.69, 9.17) is 0 Å². The van der Waals surface area contributed by atoms with Crippen LogP contribution in [0.3, 0.4) is 0 Å². The van der Waals surface area contributed by atoms with Crippen molar-refractivity contribution in [2.24, 2.45) is 5.92 Å². The summed E-state index contributed by atoms with van der Waals surface area (Å²) in [6.45, 7) is 4.20. The molecule has 0 unspecified atom stereocenters. The van der Waals surface area contributed by atoms with Crippen LogP contribution in [0.15, 0.2) is 53.4 Å². The summed E-state index contributed by atoms with van der Waals surface area (Å²) in [6, 6.07) is 14.0. The number of hydrogen-bond donors (Lipinski definition) is 1. The molecule has 1 N–H and O–H groups in total. The molecule has 3 rings (SSSR count). The summed E-state index contributed by atoms with van der Waals surface area (Å²) in [4.78, 5) is 12.9. The zero-order valence-electron chi connectivity index (χ0n) is 17.2. The van der Waals surface area contributed by atoms with Gasteiger partial charge in [0.05, 0.1) is 10.6 Å². The second kappa shape index (κ2) is 9.44. The molecule has 2 aromatic carbocycles.